The standard InChI is InChI=1S/C15H12ClN3S/c16-12-7-4-8-13(9-12)17-15-19-18-14(10-20-15)11-5-2-1-3-6-11/h1-9H,10H2,(H,17,19). The summed E-state index contributed by atoms with van der Waals surface area (Å²) in [7, 11) is 0. The van der Waals surface area contributed by atoms with Crippen molar-refractivity contribution in [2.45, 2.75) is 0 Å². The molecule has 0 bridgehead atoms. The lowest BCUT2D eigenvalue weighted by Crippen LogP contribution is -2.25. The van der Waals surface area contributed by atoms with Gasteiger partial charge < -0.3 is 0 Å². The van der Waals surface area contributed by atoms with Crippen LogP contribution in [0.4, 0.5) is 5.69 Å². The zero-order valence-electron chi connectivity index (χ0n) is 10.6. The molecule has 0 saturated heterocycles. The zero-order chi connectivity index (χ0) is 13.8. The summed E-state index contributed by atoms with van der Waals surface area (Å²) in [5.74, 6) is 0.802. The molecule has 0 spiro atoms. The number of thioether (sulfide) groups is 1. The predicted molar refractivity (Wildman–Crippen MR) is 87.1 cm³/mol. The van der Waals surface area contributed by atoms with Crippen LogP contribution in [0.1, 0.15) is 5.56 Å². The molecule has 0 atom stereocenters. The minimum Gasteiger partial charge on any atom is -0.255 e. The first kappa shape index (κ1) is 13.2. The predicted octanol–water partition coefficient (Wildman–Crippen LogP) is 4.07. The van der Waals surface area contributed by atoms with E-state index in [9.17, 15) is 0 Å². The van der Waals surface area contributed by atoms with Crippen LogP contribution in [0.3, 0.4) is 0 Å². The van der Waals surface area contributed by atoms with E-state index in [2.05, 4.69) is 27.7 Å². The lowest BCUT2D eigenvalue weighted by molar-refractivity contribution is 1.03. The van der Waals surface area contributed by atoms with Crippen LogP contribution in [0.2, 0.25) is 5.02 Å². The van der Waals surface area contributed by atoms with Gasteiger partial charge in [0, 0.05) is 10.8 Å². The van der Waals surface area contributed by atoms with Crippen molar-refractivity contribution in [3.05, 3.63) is 65.2 Å². The number of nitrogens with one attached hydrogen (secondary N) is 1. The van der Waals surface area contributed by atoms with Crippen molar-refractivity contribution >= 4 is 39.9 Å². The second-order valence-corrected chi connectivity index (χ2v) is 5.62. The van der Waals surface area contributed by atoms with E-state index in [1.54, 1.807) is 11.8 Å². The van der Waals surface area contributed by atoms with Crippen LogP contribution in [0.5, 0.6) is 0 Å². The highest BCUT2D eigenvalue weighted by Crippen LogP contribution is 2.21. The van der Waals surface area contributed by atoms with Crippen LogP contribution < -0.4 is 5.43 Å². The molecule has 0 amide bonds. The van der Waals surface area contributed by atoms with E-state index < -0.39 is 0 Å². The van der Waals surface area contributed by atoms with Crippen molar-refractivity contribution in [3.8, 4) is 0 Å². The minimum absolute atomic E-state index is 0.682. The van der Waals surface area contributed by atoms with Crippen LogP contribution in [0.25, 0.3) is 0 Å². The van der Waals surface area contributed by atoms with Gasteiger partial charge in [-0.25, -0.2) is 4.99 Å². The molecule has 100 valence electrons. The molecule has 0 aromatic heterocycles. The first-order valence-electron chi connectivity index (χ1n) is 6.16. The second-order valence-electron chi connectivity index (χ2n) is 4.22. The first-order valence-corrected chi connectivity index (χ1v) is 7.53. The molecular formula is C15H12ClN3S. The second kappa shape index (κ2) is 6.11. The molecule has 1 heterocycles. The number of hydrazone groups is 1. The van der Waals surface area contributed by atoms with Crippen LogP contribution in [-0.4, -0.2) is 16.6 Å². The third-order valence-corrected chi connectivity index (χ3v) is 3.89. The Hall–Kier alpha value is -1.78. The third kappa shape index (κ3) is 3.21. The maximum atomic E-state index is 5.94. The molecular weight excluding hydrogens is 290 g/mol. The number of aliphatic imine (C=N–C) groups is 1. The molecule has 0 saturated carbocycles. The van der Waals surface area contributed by atoms with Gasteiger partial charge in [-0.15, -0.1) is 0 Å². The number of benzene rings is 2. The van der Waals surface area contributed by atoms with Crippen molar-refractivity contribution < 1.29 is 0 Å². The summed E-state index contributed by atoms with van der Waals surface area (Å²) in [6.07, 6.45) is 0. The SMILES string of the molecule is Clc1cccc(N=C2NN=C(c3ccccc3)CS2)c1. The first-order chi connectivity index (χ1) is 9.81. The fourth-order valence-corrected chi connectivity index (χ4v) is 2.78. The fraction of sp³-hybridized carbons (Fsp3) is 0.0667. The molecule has 1 aliphatic rings. The average molecular weight is 302 g/mol. The molecule has 20 heavy (non-hydrogen) atoms. The number of halogens is 1. The van der Waals surface area contributed by atoms with Gasteiger partial charge in [-0.05, 0) is 23.8 Å². The van der Waals surface area contributed by atoms with Gasteiger partial charge in [0.2, 0.25) is 0 Å². The van der Waals surface area contributed by atoms with E-state index in [4.69, 9.17) is 11.6 Å². The third-order valence-electron chi connectivity index (χ3n) is 2.78. The van der Waals surface area contributed by atoms with E-state index in [0.717, 1.165) is 27.9 Å². The van der Waals surface area contributed by atoms with Gasteiger partial charge in [0.25, 0.3) is 0 Å². The average Bonchev–Trinajstić information content (AvgIpc) is 2.49. The number of hydrogen-bond acceptors (Lipinski definition) is 3. The van der Waals surface area contributed by atoms with E-state index in [1.165, 1.54) is 0 Å². The van der Waals surface area contributed by atoms with Gasteiger partial charge in [0.15, 0.2) is 5.17 Å². The Bertz CT molecular complexity index is 668. The summed E-state index contributed by atoms with van der Waals surface area (Å²) in [5, 5.41) is 5.85. The van der Waals surface area contributed by atoms with E-state index in [-0.39, 0.29) is 0 Å². The Kier molecular flexibility index (Phi) is 4.04. The van der Waals surface area contributed by atoms with Gasteiger partial charge >= 0.3 is 0 Å². The molecule has 5 heteroatoms. The topological polar surface area (TPSA) is 36.8 Å². The number of nitrogens with zero attached hydrogens (tertiary/aromatic N) is 2. The highest BCUT2D eigenvalue weighted by atomic mass is 35.5. The Labute approximate surface area is 126 Å². The van der Waals surface area contributed by atoms with E-state index >= 15 is 0 Å². The normalized spacial score (nSPS) is 16.6. The van der Waals surface area contributed by atoms with Gasteiger partial charge in [-0.2, -0.15) is 5.10 Å². The molecule has 0 aliphatic carbocycles. The van der Waals surface area contributed by atoms with Crippen molar-refractivity contribution in [2.24, 2.45) is 10.1 Å². The summed E-state index contributed by atoms with van der Waals surface area (Å²) in [6, 6.07) is 17.6. The molecule has 3 nitrogen and oxygen atoms in total. The fourth-order valence-electron chi connectivity index (χ4n) is 1.82. The highest BCUT2D eigenvalue weighted by Gasteiger charge is 2.12. The molecule has 3 rings (SSSR count). The van der Waals surface area contributed by atoms with Crippen molar-refractivity contribution in [1.29, 1.82) is 0 Å². The summed E-state index contributed by atoms with van der Waals surface area (Å²) in [5.41, 5.74) is 5.98. The van der Waals surface area contributed by atoms with E-state index in [1.807, 2.05) is 42.5 Å². The Morgan fingerprint density at radius 2 is 1.95 bits per heavy atom. The van der Waals surface area contributed by atoms with Gasteiger partial charge in [-0.1, -0.05) is 59.8 Å². The van der Waals surface area contributed by atoms with Crippen LogP contribution in [0.15, 0.2) is 64.7 Å². The molecule has 1 N–H and O–H groups in total. The summed E-state index contributed by atoms with van der Waals surface area (Å²) in [6.45, 7) is 0. The summed E-state index contributed by atoms with van der Waals surface area (Å²) in [4.78, 5) is 4.48. The maximum absolute atomic E-state index is 5.94. The van der Waals surface area contributed by atoms with Crippen LogP contribution in [0, 0.1) is 0 Å². The van der Waals surface area contributed by atoms with Gasteiger partial charge in [0.05, 0.1) is 11.4 Å². The number of rotatable bonds is 2. The lowest BCUT2D eigenvalue weighted by Gasteiger charge is -2.14. The Morgan fingerprint density at radius 1 is 1.10 bits per heavy atom. The zero-order valence-corrected chi connectivity index (χ0v) is 12.2. The Balaban J connectivity index is 1.76. The Morgan fingerprint density at radius 3 is 2.65 bits per heavy atom. The smallest absolute Gasteiger partial charge is 0.182 e. The van der Waals surface area contributed by atoms with Crippen LogP contribution >= 0.6 is 23.4 Å². The molecule has 0 fully saturated rings. The molecule has 0 radical (unpaired) electrons. The van der Waals surface area contributed by atoms with Crippen molar-refractivity contribution in [2.75, 3.05) is 5.75 Å². The summed E-state index contributed by atoms with van der Waals surface area (Å²) < 4.78 is 0. The molecule has 0 unspecified atom stereocenters. The van der Waals surface area contributed by atoms with Gasteiger partial charge in [0.1, 0.15) is 0 Å². The minimum atomic E-state index is 0.682. The largest absolute Gasteiger partial charge is 0.255 e. The monoisotopic (exact) mass is 301 g/mol. The van der Waals surface area contributed by atoms with E-state index in [0.29, 0.717) is 5.02 Å². The molecule has 2 aromatic rings. The quantitative estimate of drug-likeness (QED) is 0.908. The van der Waals surface area contributed by atoms with Gasteiger partial charge in [-0.3, -0.25) is 5.43 Å². The van der Waals surface area contributed by atoms with Crippen LogP contribution in [-0.2, 0) is 0 Å². The van der Waals surface area contributed by atoms with Crippen molar-refractivity contribution in [1.82, 2.24) is 5.43 Å². The molecule has 2 aromatic carbocycles. The molecule has 1 aliphatic heterocycles. The maximum Gasteiger partial charge on any atom is 0.182 e. The number of amidine groups is 1. The highest BCUT2D eigenvalue weighted by molar-refractivity contribution is 8.14. The summed E-state index contributed by atoms with van der Waals surface area (Å²) >= 11 is 7.57. The lowest BCUT2D eigenvalue weighted by atomic mass is 10.1. The number of hydrogen-bond donors (Lipinski definition) is 1. The van der Waals surface area contributed by atoms with Crippen molar-refractivity contribution in [3.63, 3.8) is 0 Å².